The van der Waals surface area contributed by atoms with Crippen LogP contribution in [0.15, 0.2) is 59.5 Å². The summed E-state index contributed by atoms with van der Waals surface area (Å²) in [5, 5.41) is 0. The molecule has 2 aromatic rings. The molecule has 0 heterocycles. The minimum absolute atomic E-state index is 0.214. The molecule has 2 rings (SSSR count). The van der Waals surface area contributed by atoms with E-state index in [4.69, 9.17) is 5.73 Å². The summed E-state index contributed by atoms with van der Waals surface area (Å²) >= 11 is 0. The monoisotopic (exact) mass is 303 g/mol. The van der Waals surface area contributed by atoms with E-state index in [-0.39, 0.29) is 4.90 Å². The standard InChI is InChI=1S/C16H17NO3S/c1-16(15(17)18,12-6-4-3-5-7-12)13-8-10-14(11-9-13)21(2,19)20/h3-11H,1-2H3,(H2,17,18). The zero-order chi connectivity index (χ0) is 15.7. The molecule has 0 aliphatic rings. The highest BCUT2D eigenvalue weighted by Crippen LogP contribution is 2.32. The molecular formula is C16H17NO3S. The van der Waals surface area contributed by atoms with E-state index in [1.807, 2.05) is 30.3 Å². The van der Waals surface area contributed by atoms with Crippen LogP contribution >= 0.6 is 0 Å². The van der Waals surface area contributed by atoms with Crippen molar-refractivity contribution < 1.29 is 13.2 Å². The number of primary amides is 1. The third-order valence-corrected chi connectivity index (χ3v) is 4.83. The molecular weight excluding hydrogens is 286 g/mol. The van der Waals surface area contributed by atoms with E-state index in [1.54, 1.807) is 19.1 Å². The van der Waals surface area contributed by atoms with Crippen LogP contribution in [0.1, 0.15) is 18.1 Å². The van der Waals surface area contributed by atoms with E-state index in [0.29, 0.717) is 5.56 Å². The summed E-state index contributed by atoms with van der Waals surface area (Å²) in [6, 6.07) is 15.4. The minimum Gasteiger partial charge on any atom is -0.369 e. The van der Waals surface area contributed by atoms with Gasteiger partial charge in [0.2, 0.25) is 5.91 Å². The number of nitrogens with two attached hydrogens (primary N) is 1. The second-order valence-electron chi connectivity index (χ2n) is 5.15. The fourth-order valence-electron chi connectivity index (χ4n) is 2.26. The Morgan fingerprint density at radius 3 is 1.86 bits per heavy atom. The Bertz CT molecular complexity index is 752. The number of carbonyl (C=O) groups is 1. The summed E-state index contributed by atoms with van der Waals surface area (Å²) in [5.74, 6) is -0.485. The summed E-state index contributed by atoms with van der Waals surface area (Å²) in [5.41, 5.74) is 6.03. The highest BCUT2D eigenvalue weighted by Gasteiger charge is 2.35. The summed E-state index contributed by atoms with van der Waals surface area (Å²) in [6.45, 7) is 1.74. The molecule has 0 aromatic heterocycles. The van der Waals surface area contributed by atoms with Crippen molar-refractivity contribution in [2.75, 3.05) is 6.26 Å². The van der Waals surface area contributed by atoms with Crippen LogP contribution in [0.2, 0.25) is 0 Å². The van der Waals surface area contributed by atoms with Gasteiger partial charge in [0, 0.05) is 6.26 Å². The lowest BCUT2D eigenvalue weighted by atomic mass is 9.76. The largest absolute Gasteiger partial charge is 0.369 e. The normalized spacial score (nSPS) is 14.4. The fourth-order valence-corrected chi connectivity index (χ4v) is 2.89. The van der Waals surface area contributed by atoms with E-state index >= 15 is 0 Å². The molecule has 1 atom stereocenters. The van der Waals surface area contributed by atoms with Crippen molar-refractivity contribution in [1.29, 1.82) is 0 Å². The van der Waals surface area contributed by atoms with Gasteiger partial charge in [0.05, 0.1) is 10.3 Å². The van der Waals surface area contributed by atoms with Gasteiger partial charge in [-0.15, -0.1) is 0 Å². The van der Waals surface area contributed by atoms with Gasteiger partial charge in [-0.2, -0.15) is 0 Å². The van der Waals surface area contributed by atoms with Gasteiger partial charge in [-0.3, -0.25) is 4.79 Å². The minimum atomic E-state index is -3.27. The average Bonchev–Trinajstić information content (AvgIpc) is 2.46. The Labute approximate surface area is 124 Å². The van der Waals surface area contributed by atoms with Crippen molar-refractivity contribution in [3.05, 3.63) is 65.7 Å². The molecule has 4 nitrogen and oxygen atoms in total. The zero-order valence-electron chi connectivity index (χ0n) is 11.9. The SMILES string of the molecule is CC(C(N)=O)(c1ccccc1)c1ccc(S(C)(=O)=O)cc1. The molecule has 110 valence electrons. The maximum Gasteiger partial charge on any atom is 0.232 e. The van der Waals surface area contributed by atoms with E-state index in [2.05, 4.69) is 0 Å². The third kappa shape index (κ3) is 2.83. The molecule has 0 fully saturated rings. The van der Waals surface area contributed by atoms with Crippen LogP contribution in [-0.2, 0) is 20.0 Å². The van der Waals surface area contributed by atoms with Gasteiger partial charge in [-0.25, -0.2) is 8.42 Å². The first-order chi connectivity index (χ1) is 9.76. The van der Waals surface area contributed by atoms with Crippen LogP contribution in [0.4, 0.5) is 0 Å². The molecule has 0 aliphatic heterocycles. The summed E-state index contributed by atoms with van der Waals surface area (Å²) < 4.78 is 23.0. The number of benzene rings is 2. The van der Waals surface area contributed by atoms with Crippen LogP contribution in [0, 0.1) is 0 Å². The number of rotatable bonds is 4. The van der Waals surface area contributed by atoms with E-state index < -0.39 is 21.2 Å². The van der Waals surface area contributed by atoms with Crippen molar-refractivity contribution in [1.82, 2.24) is 0 Å². The Morgan fingerprint density at radius 1 is 0.952 bits per heavy atom. The molecule has 5 heteroatoms. The summed E-state index contributed by atoms with van der Waals surface area (Å²) in [7, 11) is -3.27. The van der Waals surface area contributed by atoms with E-state index in [0.717, 1.165) is 11.8 Å². The first kappa shape index (κ1) is 15.3. The van der Waals surface area contributed by atoms with Gasteiger partial charge in [-0.1, -0.05) is 42.5 Å². The molecule has 0 aliphatic carbocycles. The average molecular weight is 303 g/mol. The van der Waals surface area contributed by atoms with Crippen LogP contribution in [0.25, 0.3) is 0 Å². The lowest BCUT2D eigenvalue weighted by Gasteiger charge is -2.27. The number of hydrogen-bond acceptors (Lipinski definition) is 3. The molecule has 1 amide bonds. The highest BCUT2D eigenvalue weighted by atomic mass is 32.2. The van der Waals surface area contributed by atoms with Gasteiger partial charge in [-0.05, 0) is 30.2 Å². The van der Waals surface area contributed by atoms with Gasteiger partial charge < -0.3 is 5.73 Å². The summed E-state index contributed by atoms with van der Waals surface area (Å²) in [4.78, 5) is 12.2. The quantitative estimate of drug-likeness (QED) is 0.937. The lowest BCUT2D eigenvalue weighted by Crippen LogP contribution is -2.39. The Hall–Kier alpha value is -2.14. The zero-order valence-corrected chi connectivity index (χ0v) is 12.7. The Balaban J connectivity index is 2.57. The number of carbonyl (C=O) groups excluding carboxylic acids is 1. The van der Waals surface area contributed by atoms with Crippen LogP contribution in [-0.4, -0.2) is 20.6 Å². The molecule has 0 bridgehead atoms. The topological polar surface area (TPSA) is 77.2 Å². The second kappa shape index (κ2) is 5.33. The third-order valence-electron chi connectivity index (χ3n) is 3.70. The molecule has 0 saturated heterocycles. The first-order valence-corrected chi connectivity index (χ1v) is 8.31. The van der Waals surface area contributed by atoms with Gasteiger partial charge >= 0.3 is 0 Å². The maximum atomic E-state index is 12.0. The smallest absolute Gasteiger partial charge is 0.232 e. The molecule has 2 N–H and O–H groups in total. The number of hydrogen-bond donors (Lipinski definition) is 1. The molecule has 0 spiro atoms. The van der Waals surface area contributed by atoms with Crippen molar-refractivity contribution in [2.24, 2.45) is 5.73 Å². The molecule has 2 aromatic carbocycles. The first-order valence-electron chi connectivity index (χ1n) is 6.42. The van der Waals surface area contributed by atoms with Crippen LogP contribution in [0.5, 0.6) is 0 Å². The fraction of sp³-hybridized carbons (Fsp3) is 0.188. The van der Waals surface area contributed by atoms with Gasteiger partial charge in [0.15, 0.2) is 9.84 Å². The van der Waals surface area contributed by atoms with E-state index in [9.17, 15) is 13.2 Å². The van der Waals surface area contributed by atoms with Crippen molar-refractivity contribution >= 4 is 15.7 Å². The highest BCUT2D eigenvalue weighted by molar-refractivity contribution is 7.90. The van der Waals surface area contributed by atoms with Crippen LogP contribution < -0.4 is 5.73 Å². The Kier molecular flexibility index (Phi) is 3.87. The van der Waals surface area contributed by atoms with Crippen molar-refractivity contribution in [2.45, 2.75) is 17.2 Å². The lowest BCUT2D eigenvalue weighted by molar-refractivity contribution is -0.121. The number of amides is 1. The Morgan fingerprint density at radius 2 is 1.43 bits per heavy atom. The van der Waals surface area contributed by atoms with Crippen molar-refractivity contribution in [3.63, 3.8) is 0 Å². The second-order valence-corrected chi connectivity index (χ2v) is 7.17. The molecule has 0 saturated carbocycles. The van der Waals surface area contributed by atoms with Crippen molar-refractivity contribution in [3.8, 4) is 0 Å². The molecule has 0 radical (unpaired) electrons. The molecule has 1 unspecified atom stereocenters. The number of sulfone groups is 1. The maximum absolute atomic E-state index is 12.0. The van der Waals surface area contributed by atoms with Gasteiger partial charge in [0.25, 0.3) is 0 Å². The van der Waals surface area contributed by atoms with Gasteiger partial charge in [0.1, 0.15) is 0 Å². The predicted molar refractivity (Wildman–Crippen MR) is 81.6 cm³/mol. The predicted octanol–water partition coefficient (Wildman–Crippen LogP) is 1.88. The van der Waals surface area contributed by atoms with E-state index in [1.165, 1.54) is 12.1 Å². The molecule has 21 heavy (non-hydrogen) atoms. The summed E-state index contributed by atoms with van der Waals surface area (Å²) in [6.07, 6.45) is 1.15. The van der Waals surface area contributed by atoms with Crippen LogP contribution in [0.3, 0.4) is 0 Å².